The van der Waals surface area contributed by atoms with Gasteiger partial charge < -0.3 is 10.1 Å². The van der Waals surface area contributed by atoms with E-state index in [1.54, 1.807) is 12.1 Å². The summed E-state index contributed by atoms with van der Waals surface area (Å²) in [7, 11) is 0. The van der Waals surface area contributed by atoms with Crippen LogP contribution in [0.1, 0.15) is 58.3 Å². The zero-order valence-electron chi connectivity index (χ0n) is 13.3. The third kappa shape index (κ3) is 5.32. The molecule has 0 heterocycles. The zero-order valence-corrected chi connectivity index (χ0v) is 13.3. The van der Waals surface area contributed by atoms with Gasteiger partial charge >= 0.3 is 0 Å². The summed E-state index contributed by atoms with van der Waals surface area (Å²) in [5.74, 6) is 0.165. The highest BCUT2D eigenvalue weighted by Gasteiger charge is 2.22. The number of rotatable bonds is 5. The molecule has 2 rings (SSSR count). The summed E-state index contributed by atoms with van der Waals surface area (Å²) in [6, 6.07) is 6.06. The van der Waals surface area contributed by atoms with Crippen LogP contribution in [0.3, 0.4) is 0 Å². The summed E-state index contributed by atoms with van der Waals surface area (Å²) in [6.45, 7) is 1.92. The van der Waals surface area contributed by atoms with Gasteiger partial charge in [0.15, 0.2) is 6.10 Å². The molecule has 1 aromatic carbocycles. The standard InChI is InChI=1S/C18H26FNO2/c1-2-17(22-16-12-10-14(19)11-13-16)18(21)20-15-8-6-4-3-5-7-9-15/h10-13,15,17H,2-9H2,1H3,(H,20,21)/t17-/m0/s1. The summed E-state index contributed by atoms with van der Waals surface area (Å²) in [5, 5.41) is 3.13. The second-order valence-electron chi connectivity index (χ2n) is 6.02. The second kappa shape index (κ2) is 8.76. The fourth-order valence-corrected chi connectivity index (χ4v) is 2.89. The van der Waals surface area contributed by atoms with Crippen molar-refractivity contribution in [3.63, 3.8) is 0 Å². The van der Waals surface area contributed by atoms with Gasteiger partial charge in [0.2, 0.25) is 0 Å². The van der Waals surface area contributed by atoms with Gasteiger partial charge in [-0.15, -0.1) is 0 Å². The lowest BCUT2D eigenvalue weighted by Crippen LogP contribution is -2.43. The fourth-order valence-electron chi connectivity index (χ4n) is 2.89. The highest BCUT2D eigenvalue weighted by atomic mass is 19.1. The molecule has 0 saturated heterocycles. The average molecular weight is 307 g/mol. The van der Waals surface area contributed by atoms with Crippen molar-refractivity contribution in [1.82, 2.24) is 5.32 Å². The first-order valence-corrected chi connectivity index (χ1v) is 8.41. The molecule has 4 heteroatoms. The molecule has 0 bridgehead atoms. The Morgan fingerprint density at radius 2 is 1.77 bits per heavy atom. The Bertz CT molecular complexity index is 453. The van der Waals surface area contributed by atoms with Gasteiger partial charge in [-0.05, 0) is 43.5 Å². The number of benzene rings is 1. The number of ether oxygens (including phenoxy) is 1. The first-order chi connectivity index (χ1) is 10.7. The highest BCUT2D eigenvalue weighted by Crippen LogP contribution is 2.18. The molecule has 0 unspecified atom stereocenters. The van der Waals surface area contributed by atoms with Gasteiger partial charge in [0.05, 0.1) is 0 Å². The predicted octanol–water partition coefficient (Wildman–Crippen LogP) is 4.21. The van der Waals surface area contributed by atoms with Gasteiger partial charge in [-0.1, -0.05) is 39.0 Å². The predicted molar refractivity (Wildman–Crippen MR) is 85.4 cm³/mol. The van der Waals surface area contributed by atoms with E-state index in [4.69, 9.17) is 4.74 Å². The number of halogens is 1. The van der Waals surface area contributed by atoms with Crippen LogP contribution in [0.15, 0.2) is 24.3 Å². The van der Waals surface area contributed by atoms with Crippen LogP contribution in [-0.4, -0.2) is 18.1 Å². The Morgan fingerprint density at radius 3 is 2.36 bits per heavy atom. The highest BCUT2D eigenvalue weighted by molar-refractivity contribution is 5.81. The van der Waals surface area contributed by atoms with Crippen LogP contribution in [0.4, 0.5) is 4.39 Å². The van der Waals surface area contributed by atoms with Crippen molar-refractivity contribution in [3.8, 4) is 5.75 Å². The molecule has 1 amide bonds. The third-order valence-corrected chi connectivity index (χ3v) is 4.21. The molecule has 1 fully saturated rings. The maximum atomic E-state index is 12.9. The second-order valence-corrected chi connectivity index (χ2v) is 6.02. The molecule has 1 N–H and O–H groups in total. The number of carbonyl (C=O) groups is 1. The van der Waals surface area contributed by atoms with E-state index >= 15 is 0 Å². The van der Waals surface area contributed by atoms with Crippen LogP contribution in [0.5, 0.6) is 5.75 Å². The van der Waals surface area contributed by atoms with Gasteiger partial charge in [0, 0.05) is 6.04 Å². The molecule has 1 atom stereocenters. The third-order valence-electron chi connectivity index (χ3n) is 4.21. The van der Waals surface area contributed by atoms with Crippen LogP contribution >= 0.6 is 0 Å². The number of hydrogen-bond acceptors (Lipinski definition) is 2. The molecule has 0 spiro atoms. The van der Waals surface area contributed by atoms with Crippen molar-refractivity contribution in [1.29, 1.82) is 0 Å². The Labute approximate surface area is 132 Å². The summed E-state index contributed by atoms with van der Waals surface area (Å²) in [4.78, 5) is 12.4. The first kappa shape index (κ1) is 16.8. The Morgan fingerprint density at radius 1 is 1.18 bits per heavy atom. The molecular weight excluding hydrogens is 281 g/mol. The summed E-state index contributed by atoms with van der Waals surface area (Å²) in [5.41, 5.74) is 0. The Balaban J connectivity index is 1.88. The summed E-state index contributed by atoms with van der Waals surface area (Å²) in [6.07, 6.45) is 8.38. The van der Waals surface area contributed by atoms with E-state index in [2.05, 4.69) is 5.32 Å². The Hall–Kier alpha value is -1.58. The zero-order chi connectivity index (χ0) is 15.8. The molecule has 1 aliphatic rings. The number of hydrogen-bond donors (Lipinski definition) is 1. The molecular formula is C18H26FNO2. The van der Waals surface area contributed by atoms with E-state index in [1.165, 1.54) is 44.2 Å². The van der Waals surface area contributed by atoms with Crippen molar-refractivity contribution < 1.29 is 13.9 Å². The smallest absolute Gasteiger partial charge is 0.261 e. The van der Waals surface area contributed by atoms with Crippen LogP contribution in [0.2, 0.25) is 0 Å². The molecule has 1 aliphatic carbocycles. The topological polar surface area (TPSA) is 38.3 Å². The minimum Gasteiger partial charge on any atom is -0.481 e. The van der Waals surface area contributed by atoms with Gasteiger partial charge in [-0.25, -0.2) is 4.39 Å². The fraction of sp³-hybridized carbons (Fsp3) is 0.611. The van der Waals surface area contributed by atoms with Gasteiger partial charge in [0.25, 0.3) is 5.91 Å². The van der Waals surface area contributed by atoms with E-state index in [1.807, 2.05) is 6.92 Å². The average Bonchev–Trinajstić information content (AvgIpc) is 2.49. The molecule has 122 valence electrons. The first-order valence-electron chi connectivity index (χ1n) is 8.41. The summed E-state index contributed by atoms with van der Waals surface area (Å²) < 4.78 is 18.6. The van der Waals surface area contributed by atoms with Crippen LogP contribution in [0.25, 0.3) is 0 Å². The van der Waals surface area contributed by atoms with Crippen molar-refractivity contribution >= 4 is 5.91 Å². The van der Waals surface area contributed by atoms with Crippen molar-refractivity contribution in [2.45, 2.75) is 70.4 Å². The van der Waals surface area contributed by atoms with Crippen molar-refractivity contribution in [2.75, 3.05) is 0 Å². The SMILES string of the molecule is CC[C@H](Oc1ccc(F)cc1)C(=O)NC1CCCCCCC1. The molecule has 0 aliphatic heterocycles. The number of carbonyl (C=O) groups excluding carboxylic acids is 1. The molecule has 22 heavy (non-hydrogen) atoms. The molecule has 0 radical (unpaired) electrons. The van der Waals surface area contributed by atoms with E-state index in [0.29, 0.717) is 12.2 Å². The van der Waals surface area contributed by atoms with Crippen LogP contribution < -0.4 is 10.1 Å². The number of nitrogens with one attached hydrogen (secondary N) is 1. The molecule has 3 nitrogen and oxygen atoms in total. The monoisotopic (exact) mass is 307 g/mol. The lowest BCUT2D eigenvalue weighted by Gasteiger charge is -2.24. The van der Waals surface area contributed by atoms with E-state index in [-0.39, 0.29) is 17.8 Å². The quantitative estimate of drug-likeness (QED) is 0.885. The maximum absolute atomic E-state index is 12.9. The van der Waals surface area contributed by atoms with E-state index in [0.717, 1.165) is 12.8 Å². The lowest BCUT2D eigenvalue weighted by atomic mass is 9.96. The van der Waals surface area contributed by atoms with Crippen molar-refractivity contribution in [3.05, 3.63) is 30.1 Å². The van der Waals surface area contributed by atoms with Gasteiger partial charge in [-0.2, -0.15) is 0 Å². The lowest BCUT2D eigenvalue weighted by molar-refractivity contribution is -0.129. The van der Waals surface area contributed by atoms with Gasteiger partial charge in [0.1, 0.15) is 11.6 Å². The minimum atomic E-state index is -0.518. The molecule has 0 aromatic heterocycles. The van der Waals surface area contributed by atoms with Crippen molar-refractivity contribution in [2.24, 2.45) is 0 Å². The maximum Gasteiger partial charge on any atom is 0.261 e. The molecule has 1 saturated carbocycles. The van der Waals surface area contributed by atoms with Crippen LogP contribution in [0, 0.1) is 5.82 Å². The number of amides is 1. The summed E-state index contributed by atoms with van der Waals surface area (Å²) >= 11 is 0. The van der Waals surface area contributed by atoms with Crippen LogP contribution in [-0.2, 0) is 4.79 Å². The molecule has 1 aromatic rings. The van der Waals surface area contributed by atoms with Gasteiger partial charge in [-0.3, -0.25) is 4.79 Å². The largest absolute Gasteiger partial charge is 0.481 e. The van der Waals surface area contributed by atoms with E-state index in [9.17, 15) is 9.18 Å². The normalized spacial score (nSPS) is 18.1. The minimum absolute atomic E-state index is 0.0580. The van der Waals surface area contributed by atoms with E-state index < -0.39 is 6.10 Å². The Kier molecular flexibility index (Phi) is 6.69.